The van der Waals surface area contributed by atoms with E-state index in [9.17, 15) is 4.79 Å². The molecule has 134 valence electrons. The summed E-state index contributed by atoms with van der Waals surface area (Å²) in [5.41, 5.74) is 3.96. The molecule has 0 bridgehead atoms. The molecule has 24 heavy (non-hydrogen) atoms. The smallest absolute Gasteiger partial charge is 0.224 e. The van der Waals surface area contributed by atoms with Crippen LogP contribution in [0, 0.1) is 0 Å². The minimum atomic E-state index is 0.0931. The van der Waals surface area contributed by atoms with Crippen molar-refractivity contribution < 1.29 is 4.79 Å². The van der Waals surface area contributed by atoms with Gasteiger partial charge in [0.15, 0.2) is 0 Å². The number of benzene rings is 1. The van der Waals surface area contributed by atoms with Crippen molar-refractivity contribution in [2.75, 3.05) is 0 Å². The molecule has 1 N–H and O–H groups in total. The molecule has 2 rings (SSSR count). The molecule has 0 saturated heterocycles. The average molecular weight is 330 g/mol. The van der Waals surface area contributed by atoms with Crippen LogP contribution in [0.4, 0.5) is 0 Å². The van der Waals surface area contributed by atoms with E-state index in [2.05, 4.69) is 65.1 Å². The lowest BCUT2D eigenvalue weighted by molar-refractivity contribution is -0.121. The molecule has 1 aromatic carbocycles. The van der Waals surface area contributed by atoms with E-state index in [0.717, 1.165) is 18.4 Å². The minimum absolute atomic E-state index is 0.0931. The van der Waals surface area contributed by atoms with Gasteiger partial charge in [0.25, 0.3) is 0 Å². The van der Waals surface area contributed by atoms with Crippen LogP contribution in [0.3, 0.4) is 0 Å². The number of amides is 1. The number of carbonyl (C=O) groups excluding carboxylic acids is 1. The summed E-state index contributed by atoms with van der Waals surface area (Å²) in [7, 11) is 0. The monoisotopic (exact) mass is 329 g/mol. The molecule has 0 heterocycles. The van der Waals surface area contributed by atoms with Crippen LogP contribution in [0.5, 0.6) is 0 Å². The Balaban J connectivity index is 2.17. The number of hydrogen-bond acceptors (Lipinski definition) is 1. The first-order chi connectivity index (χ1) is 11.1. The first-order valence-corrected chi connectivity index (χ1v) is 9.50. The first kappa shape index (κ1) is 19.0. The normalized spacial score (nSPS) is 16.9. The van der Waals surface area contributed by atoms with Gasteiger partial charge in [0.05, 0.1) is 6.42 Å². The second-order valence-corrected chi connectivity index (χ2v) is 9.50. The van der Waals surface area contributed by atoms with Crippen molar-refractivity contribution in [3.63, 3.8) is 0 Å². The predicted octanol–water partition coefficient (Wildman–Crippen LogP) is 5.27. The van der Waals surface area contributed by atoms with Crippen LogP contribution >= 0.6 is 0 Å². The summed E-state index contributed by atoms with van der Waals surface area (Å²) in [6, 6.07) is 7.13. The molecule has 0 radical (unpaired) electrons. The molecule has 0 spiro atoms. The van der Waals surface area contributed by atoms with E-state index in [1.54, 1.807) is 0 Å². The van der Waals surface area contributed by atoms with Crippen LogP contribution in [0.25, 0.3) is 0 Å². The maximum absolute atomic E-state index is 12.5. The standard InChI is InChI=1S/C22H35NO/c1-21(2,3)17-12-16(13-18(15-17)22(4,5)6)14-20(24)23-19-10-8-7-9-11-19/h12-13,15,19H,7-11,14H2,1-6H3,(H,23,24). The summed E-state index contributed by atoms with van der Waals surface area (Å²) in [5, 5.41) is 3.24. The van der Waals surface area contributed by atoms with Crippen LogP contribution in [0.15, 0.2) is 18.2 Å². The van der Waals surface area contributed by atoms with Crippen LogP contribution in [-0.2, 0) is 22.0 Å². The molecule has 0 unspecified atom stereocenters. The van der Waals surface area contributed by atoms with Gasteiger partial charge >= 0.3 is 0 Å². The van der Waals surface area contributed by atoms with Gasteiger partial charge in [-0.2, -0.15) is 0 Å². The second kappa shape index (κ2) is 7.29. The van der Waals surface area contributed by atoms with E-state index in [0.29, 0.717) is 12.5 Å². The van der Waals surface area contributed by atoms with Crippen molar-refractivity contribution in [3.05, 3.63) is 34.9 Å². The predicted molar refractivity (Wildman–Crippen MR) is 103 cm³/mol. The van der Waals surface area contributed by atoms with E-state index in [-0.39, 0.29) is 16.7 Å². The molecule has 0 atom stereocenters. The zero-order chi connectivity index (χ0) is 18.0. The quantitative estimate of drug-likeness (QED) is 0.804. The van der Waals surface area contributed by atoms with Gasteiger partial charge in [-0.05, 0) is 40.4 Å². The Morgan fingerprint density at radius 1 is 0.917 bits per heavy atom. The lowest BCUT2D eigenvalue weighted by Crippen LogP contribution is -2.37. The van der Waals surface area contributed by atoms with Gasteiger partial charge in [0, 0.05) is 6.04 Å². The molecule has 2 heteroatoms. The van der Waals surface area contributed by atoms with Gasteiger partial charge < -0.3 is 5.32 Å². The fourth-order valence-corrected chi connectivity index (χ4v) is 3.37. The van der Waals surface area contributed by atoms with Crippen LogP contribution in [0.1, 0.15) is 90.3 Å². The largest absolute Gasteiger partial charge is 0.353 e. The minimum Gasteiger partial charge on any atom is -0.353 e. The maximum Gasteiger partial charge on any atom is 0.224 e. The number of rotatable bonds is 3. The fourth-order valence-electron chi connectivity index (χ4n) is 3.37. The molecule has 0 aliphatic heterocycles. The molecule has 1 aromatic rings. The van der Waals surface area contributed by atoms with Crippen LogP contribution in [0.2, 0.25) is 0 Å². The maximum atomic E-state index is 12.5. The van der Waals surface area contributed by atoms with E-state index in [4.69, 9.17) is 0 Å². The number of nitrogens with one attached hydrogen (secondary N) is 1. The lowest BCUT2D eigenvalue weighted by atomic mass is 9.79. The van der Waals surface area contributed by atoms with Gasteiger partial charge in [-0.25, -0.2) is 0 Å². The molecule has 2 nitrogen and oxygen atoms in total. The number of hydrogen-bond donors (Lipinski definition) is 1. The zero-order valence-electron chi connectivity index (χ0n) is 16.5. The second-order valence-electron chi connectivity index (χ2n) is 9.50. The topological polar surface area (TPSA) is 29.1 Å². The van der Waals surface area contributed by atoms with Crippen molar-refractivity contribution in [1.29, 1.82) is 0 Å². The SMILES string of the molecule is CC(C)(C)c1cc(CC(=O)NC2CCCCC2)cc(C(C)(C)C)c1. The number of carbonyl (C=O) groups is 1. The molecule has 1 fully saturated rings. The van der Waals surface area contributed by atoms with E-state index < -0.39 is 0 Å². The summed E-state index contributed by atoms with van der Waals surface area (Å²) < 4.78 is 0. The molecule has 1 saturated carbocycles. The van der Waals surface area contributed by atoms with Crippen LogP contribution < -0.4 is 5.32 Å². The third-order valence-corrected chi connectivity index (χ3v) is 5.06. The Morgan fingerprint density at radius 2 is 1.42 bits per heavy atom. The third-order valence-electron chi connectivity index (χ3n) is 5.06. The Morgan fingerprint density at radius 3 is 1.88 bits per heavy atom. The van der Waals surface area contributed by atoms with Crippen molar-refractivity contribution in [2.24, 2.45) is 0 Å². The average Bonchev–Trinajstić information content (AvgIpc) is 2.46. The molecule has 1 aliphatic carbocycles. The van der Waals surface area contributed by atoms with Crippen molar-refractivity contribution in [3.8, 4) is 0 Å². The Bertz CT molecular complexity index is 536. The van der Waals surface area contributed by atoms with Gasteiger partial charge in [-0.15, -0.1) is 0 Å². The van der Waals surface area contributed by atoms with Gasteiger partial charge in [0.2, 0.25) is 5.91 Å². The lowest BCUT2D eigenvalue weighted by Gasteiger charge is -2.26. The van der Waals surface area contributed by atoms with Gasteiger partial charge in [-0.1, -0.05) is 79.0 Å². The Kier molecular flexibility index (Phi) is 5.78. The van der Waals surface area contributed by atoms with Crippen molar-refractivity contribution in [1.82, 2.24) is 5.32 Å². The Labute approximate surface area is 148 Å². The van der Waals surface area contributed by atoms with Crippen molar-refractivity contribution >= 4 is 5.91 Å². The summed E-state index contributed by atoms with van der Waals surface area (Å²) in [6.07, 6.45) is 6.58. The van der Waals surface area contributed by atoms with E-state index >= 15 is 0 Å². The highest BCUT2D eigenvalue weighted by Gasteiger charge is 2.22. The fraction of sp³-hybridized carbons (Fsp3) is 0.682. The molecule has 0 aromatic heterocycles. The summed E-state index contributed by atoms with van der Waals surface area (Å²) in [6.45, 7) is 13.4. The van der Waals surface area contributed by atoms with E-state index in [1.807, 2.05) is 0 Å². The van der Waals surface area contributed by atoms with Gasteiger partial charge in [-0.3, -0.25) is 4.79 Å². The summed E-state index contributed by atoms with van der Waals surface area (Å²) in [5.74, 6) is 0.174. The van der Waals surface area contributed by atoms with Crippen molar-refractivity contribution in [2.45, 2.75) is 96.9 Å². The first-order valence-electron chi connectivity index (χ1n) is 9.50. The highest BCUT2D eigenvalue weighted by molar-refractivity contribution is 5.79. The highest BCUT2D eigenvalue weighted by atomic mass is 16.1. The molecular weight excluding hydrogens is 294 g/mol. The van der Waals surface area contributed by atoms with Crippen LogP contribution in [-0.4, -0.2) is 11.9 Å². The van der Waals surface area contributed by atoms with Gasteiger partial charge in [0.1, 0.15) is 0 Å². The molecule has 1 aliphatic rings. The molecule has 1 amide bonds. The summed E-state index contributed by atoms with van der Waals surface area (Å²) >= 11 is 0. The zero-order valence-corrected chi connectivity index (χ0v) is 16.5. The molecular formula is C22H35NO. The summed E-state index contributed by atoms with van der Waals surface area (Å²) in [4.78, 5) is 12.5. The third kappa shape index (κ3) is 5.36. The highest BCUT2D eigenvalue weighted by Crippen LogP contribution is 2.30. The van der Waals surface area contributed by atoms with E-state index in [1.165, 1.54) is 30.4 Å². The Hall–Kier alpha value is -1.31.